The van der Waals surface area contributed by atoms with Crippen LogP contribution in [-0.2, 0) is 10.0 Å². The van der Waals surface area contributed by atoms with Gasteiger partial charge in [0.1, 0.15) is 10.7 Å². The van der Waals surface area contributed by atoms with Crippen LogP contribution in [-0.4, -0.2) is 14.3 Å². The lowest BCUT2D eigenvalue weighted by Crippen LogP contribution is -2.15. The number of rotatable bonds is 4. The minimum atomic E-state index is -4.12. The Morgan fingerprint density at radius 2 is 1.71 bits per heavy atom. The van der Waals surface area contributed by atoms with Crippen molar-refractivity contribution in [2.45, 2.75) is 4.90 Å². The minimum Gasteiger partial charge on any atom is -0.399 e. The van der Waals surface area contributed by atoms with Gasteiger partial charge < -0.3 is 11.5 Å². The van der Waals surface area contributed by atoms with E-state index in [2.05, 4.69) is 4.72 Å². The zero-order valence-electron chi connectivity index (χ0n) is 10.7. The topological polar surface area (TPSA) is 115 Å². The van der Waals surface area contributed by atoms with E-state index >= 15 is 0 Å². The van der Waals surface area contributed by atoms with Gasteiger partial charge in [-0.1, -0.05) is 0 Å². The van der Waals surface area contributed by atoms with Crippen LogP contribution in [0.1, 0.15) is 10.4 Å². The van der Waals surface area contributed by atoms with E-state index in [1.807, 2.05) is 0 Å². The van der Waals surface area contributed by atoms with E-state index in [-0.39, 0.29) is 16.9 Å². The zero-order valence-corrected chi connectivity index (χ0v) is 11.5. The molecule has 2 aromatic carbocycles. The number of nitrogens with one attached hydrogen (secondary N) is 1. The summed E-state index contributed by atoms with van der Waals surface area (Å²) in [4.78, 5) is 10.4. The highest BCUT2D eigenvalue weighted by molar-refractivity contribution is 7.92. The Bertz CT molecular complexity index is 789. The van der Waals surface area contributed by atoms with E-state index in [0.29, 0.717) is 0 Å². The number of hydrogen-bond donors (Lipinski definition) is 3. The molecule has 0 aliphatic rings. The maximum Gasteiger partial charge on any atom is 0.264 e. The van der Waals surface area contributed by atoms with Crippen molar-refractivity contribution in [1.82, 2.24) is 0 Å². The second-order valence-electron chi connectivity index (χ2n) is 4.24. The Morgan fingerprint density at radius 1 is 1.10 bits per heavy atom. The summed E-state index contributed by atoms with van der Waals surface area (Å²) < 4.78 is 40.0. The highest BCUT2D eigenvalue weighted by Gasteiger charge is 2.19. The smallest absolute Gasteiger partial charge is 0.264 e. The molecule has 5 N–H and O–H groups in total. The van der Waals surface area contributed by atoms with Gasteiger partial charge in [-0.15, -0.1) is 0 Å². The highest BCUT2D eigenvalue weighted by Crippen LogP contribution is 2.21. The number of nitrogen functional groups attached to an aromatic ring is 1. The standard InChI is InChI=1S/C13H12FN3O3S/c14-11-6-3-9(15)7-12(11)21(19,20)17-10-4-1-8(2-5-10)13(16)18/h1-7,17H,15H2,(H2,16,18). The fraction of sp³-hybridized carbons (Fsp3) is 0. The van der Waals surface area contributed by atoms with Crippen molar-refractivity contribution >= 4 is 27.3 Å². The summed E-state index contributed by atoms with van der Waals surface area (Å²) in [7, 11) is -4.12. The summed E-state index contributed by atoms with van der Waals surface area (Å²) >= 11 is 0. The highest BCUT2D eigenvalue weighted by atomic mass is 32.2. The van der Waals surface area contributed by atoms with Gasteiger partial charge in [-0.2, -0.15) is 0 Å². The van der Waals surface area contributed by atoms with Gasteiger partial charge in [0.2, 0.25) is 5.91 Å². The van der Waals surface area contributed by atoms with Gasteiger partial charge in [0.25, 0.3) is 10.0 Å². The molecule has 0 radical (unpaired) electrons. The van der Waals surface area contributed by atoms with Gasteiger partial charge in [0.15, 0.2) is 0 Å². The first-order valence-corrected chi connectivity index (χ1v) is 7.25. The third-order valence-corrected chi connectivity index (χ3v) is 4.06. The number of anilines is 2. The van der Waals surface area contributed by atoms with Gasteiger partial charge in [-0.25, -0.2) is 12.8 Å². The van der Waals surface area contributed by atoms with Crippen LogP contribution < -0.4 is 16.2 Å². The van der Waals surface area contributed by atoms with E-state index in [0.717, 1.165) is 12.1 Å². The molecule has 0 saturated carbocycles. The van der Waals surface area contributed by atoms with E-state index in [1.165, 1.54) is 30.3 Å². The van der Waals surface area contributed by atoms with Gasteiger partial charge in [0.05, 0.1) is 0 Å². The molecule has 0 saturated heterocycles. The monoisotopic (exact) mass is 309 g/mol. The van der Waals surface area contributed by atoms with Crippen LogP contribution in [0, 0.1) is 5.82 Å². The second-order valence-corrected chi connectivity index (χ2v) is 5.89. The SMILES string of the molecule is NC(=O)c1ccc(NS(=O)(=O)c2cc(N)ccc2F)cc1. The fourth-order valence-corrected chi connectivity index (χ4v) is 2.81. The minimum absolute atomic E-state index is 0.126. The molecule has 2 rings (SSSR count). The molecule has 110 valence electrons. The van der Waals surface area contributed by atoms with Crippen molar-refractivity contribution in [1.29, 1.82) is 0 Å². The van der Waals surface area contributed by atoms with Crippen LogP contribution in [0.4, 0.5) is 15.8 Å². The quantitative estimate of drug-likeness (QED) is 0.738. The van der Waals surface area contributed by atoms with Crippen LogP contribution in [0.5, 0.6) is 0 Å². The van der Waals surface area contributed by atoms with E-state index < -0.39 is 26.6 Å². The number of carbonyl (C=O) groups is 1. The average molecular weight is 309 g/mol. The Kier molecular flexibility index (Phi) is 3.81. The molecule has 0 aliphatic heterocycles. The first kappa shape index (κ1) is 14.8. The van der Waals surface area contributed by atoms with Gasteiger partial charge >= 0.3 is 0 Å². The van der Waals surface area contributed by atoms with Gasteiger partial charge in [-0.05, 0) is 42.5 Å². The molecular weight excluding hydrogens is 297 g/mol. The molecule has 0 aromatic heterocycles. The molecule has 0 spiro atoms. The number of sulfonamides is 1. The van der Waals surface area contributed by atoms with E-state index in [1.54, 1.807) is 0 Å². The van der Waals surface area contributed by atoms with Crippen molar-refractivity contribution in [3.05, 3.63) is 53.8 Å². The molecular formula is C13H12FN3O3S. The Hall–Kier alpha value is -2.61. The lowest BCUT2D eigenvalue weighted by Gasteiger charge is -2.09. The number of nitrogens with two attached hydrogens (primary N) is 2. The number of halogens is 1. The molecule has 0 atom stereocenters. The molecule has 8 heteroatoms. The van der Waals surface area contributed by atoms with Crippen LogP contribution >= 0.6 is 0 Å². The summed E-state index contributed by atoms with van der Waals surface area (Å²) in [6, 6.07) is 8.67. The lowest BCUT2D eigenvalue weighted by molar-refractivity contribution is 0.100. The molecule has 2 aromatic rings. The van der Waals surface area contributed by atoms with Crippen LogP contribution in [0.25, 0.3) is 0 Å². The summed E-state index contributed by atoms with van der Waals surface area (Å²) in [5.74, 6) is -1.54. The first-order chi connectivity index (χ1) is 9.79. The predicted molar refractivity (Wildman–Crippen MR) is 76.6 cm³/mol. The van der Waals surface area contributed by atoms with Crippen molar-refractivity contribution in [2.24, 2.45) is 5.73 Å². The van der Waals surface area contributed by atoms with Gasteiger partial charge in [0, 0.05) is 16.9 Å². The average Bonchev–Trinajstić information content (AvgIpc) is 2.41. The van der Waals surface area contributed by atoms with Crippen molar-refractivity contribution in [3.63, 3.8) is 0 Å². The van der Waals surface area contributed by atoms with Crippen molar-refractivity contribution in [2.75, 3.05) is 10.5 Å². The first-order valence-electron chi connectivity index (χ1n) is 5.77. The van der Waals surface area contributed by atoms with E-state index in [9.17, 15) is 17.6 Å². The predicted octanol–water partition coefficient (Wildman–Crippen LogP) is 1.31. The molecule has 0 unspecified atom stereocenters. The zero-order chi connectivity index (χ0) is 15.6. The van der Waals surface area contributed by atoms with Crippen molar-refractivity contribution < 1.29 is 17.6 Å². The fourth-order valence-electron chi connectivity index (χ4n) is 1.64. The maximum absolute atomic E-state index is 13.6. The normalized spacial score (nSPS) is 11.1. The lowest BCUT2D eigenvalue weighted by atomic mass is 10.2. The number of primary amides is 1. The number of benzene rings is 2. The maximum atomic E-state index is 13.6. The van der Waals surface area contributed by atoms with Crippen molar-refractivity contribution in [3.8, 4) is 0 Å². The second kappa shape index (κ2) is 5.41. The Morgan fingerprint density at radius 3 is 2.29 bits per heavy atom. The molecule has 21 heavy (non-hydrogen) atoms. The van der Waals surface area contributed by atoms with E-state index in [4.69, 9.17) is 11.5 Å². The summed E-state index contributed by atoms with van der Waals surface area (Å²) in [5, 5.41) is 0. The summed E-state index contributed by atoms with van der Waals surface area (Å²) in [5.41, 5.74) is 11.1. The Balaban J connectivity index is 2.33. The molecule has 1 amide bonds. The van der Waals surface area contributed by atoms with Crippen LogP contribution in [0.2, 0.25) is 0 Å². The molecule has 0 bridgehead atoms. The number of hydrogen-bond acceptors (Lipinski definition) is 4. The summed E-state index contributed by atoms with van der Waals surface area (Å²) in [6.07, 6.45) is 0. The molecule has 0 fully saturated rings. The van der Waals surface area contributed by atoms with Crippen LogP contribution in [0.3, 0.4) is 0 Å². The van der Waals surface area contributed by atoms with Crippen LogP contribution in [0.15, 0.2) is 47.4 Å². The molecule has 6 nitrogen and oxygen atoms in total. The Labute approximate surface area is 120 Å². The number of amides is 1. The largest absolute Gasteiger partial charge is 0.399 e. The molecule has 0 aliphatic carbocycles. The molecule has 0 heterocycles. The van der Waals surface area contributed by atoms with Gasteiger partial charge in [-0.3, -0.25) is 9.52 Å². The third-order valence-electron chi connectivity index (χ3n) is 2.67. The summed E-state index contributed by atoms with van der Waals surface area (Å²) in [6.45, 7) is 0. The number of carbonyl (C=O) groups excluding carboxylic acids is 1. The third kappa shape index (κ3) is 3.29.